The van der Waals surface area contributed by atoms with Crippen LogP contribution >= 0.6 is 0 Å². The van der Waals surface area contributed by atoms with Gasteiger partial charge in [-0.15, -0.1) is 0 Å². The number of unbranched alkanes of at least 4 members (excludes halogenated alkanes) is 1. The molecule has 8 N–H and O–H groups in total. The highest BCUT2D eigenvalue weighted by molar-refractivity contribution is 5.91. The maximum absolute atomic E-state index is 12.1. The Bertz CT molecular complexity index is 533. The summed E-state index contributed by atoms with van der Waals surface area (Å²) in [5.41, 5.74) is 11.8. The molecule has 0 aliphatic heterocycles. The number of hydrogen-bond acceptors (Lipinski definition) is 6. The molecule has 0 fully saturated rings. The molecule has 0 saturated heterocycles. The summed E-state index contributed by atoms with van der Waals surface area (Å²) in [5.74, 6) is -2.26. The molecule has 0 aromatic carbocycles. The molecule has 10 heteroatoms. The van der Waals surface area contributed by atoms with E-state index in [1.165, 1.54) is 6.33 Å². The number of amides is 2. The average molecular weight is 340 g/mol. The summed E-state index contributed by atoms with van der Waals surface area (Å²) in [5, 5.41) is 13.4. The van der Waals surface area contributed by atoms with E-state index in [2.05, 4.69) is 20.6 Å². The number of carbonyl (C=O) groups is 3. The fourth-order valence-electron chi connectivity index (χ4n) is 2.03. The number of rotatable bonds is 11. The van der Waals surface area contributed by atoms with Crippen LogP contribution in [-0.2, 0) is 20.8 Å². The molecule has 0 saturated carbocycles. The maximum atomic E-state index is 12.1. The van der Waals surface area contributed by atoms with Gasteiger partial charge in [-0.3, -0.25) is 14.4 Å². The molecule has 134 valence electrons. The molecule has 1 aromatic heterocycles. The van der Waals surface area contributed by atoms with E-state index in [0.29, 0.717) is 25.1 Å². The average Bonchev–Trinajstić information content (AvgIpc) is 3.05. The Labute approximate surface area is 139 Å². The highest BCUT2D eigenvalue weighted by atomic mass is 16.4. The minimum Gasteiger partial charge on any atom is -0.480 e. The summed E-state index contributed by atoms with van der Waals surface area (Å²) in [6, 6.07) is -1.72. The van der Waals surface area contributed by atoms with Crippen molar-refractivity contribution in [2.75, 3.05) is 13.1 Å². The third kappa shape index (κ3) is 7.20. The molecule has 0 bridgehead atoms. The number of carboxylic acid groups (broad SMARTS) is 1. The SMILES string of the molecule is NCCCCC(N)C(=O)N[C@@H](Cc1c[nH]cn1)C(=O)NCC(=O)O. The number of imidazole rings is 1. The van der Waals surface area contributed by atoms with Crippen molar-refractivity contribution in [3.05, 3.63) is 18.2 Å². The van der Waals surface area contributed by atoms with Crippen LogP contribution in [0.2, 0.25) is 0 Å². The lowest BCUT2D eigenvalue weighted by Gasteiger charge is -2.19. The van der Waals surface area contributed by atoms with Gasteiger partial charge in [-0.2, -0.15) is 0 Å². The number of nitrogens with two attached hydrogens (primary N) is 2. The van der Waals surface area contributed by atoms with Crippen LogP contribution in [0.3, 0.4) is 0 Å². The second kappa shape index (κ2) is 10.3. The second-order valence-corrected chi connectivity index (χ2v) is 5.33. The number of carbonyl (C=O) groups excluding carboxylic acids is 2. The summed E-state index contributed by atoms with van der Waals surface area (Å²) in [7, 11) is 0. The molecule has 2 amide bonds. The summed E-state index contributed by atoms with van der Waals surface area (Å²) < 4.78 is 0. The zero-order valence-corrected chi connectivity index (χ0v) is 13.3. The van der Waals surface area contributed by atoms with Crippen molar-refractivity contribution < 1.29 is 19.5 Å². The van der Waals surface area contributed by atoms with Crippen LogP contribution in [-0.4, -0.2) is 58.0 Å². The standard InChI is InChI=1S/C14H24N6O4/c15-4-2-1-3-10(16)13(23)20-11(5-9-6-17-8-19-9)14(24)18-7-12(21)22/h6,8,10-11H,1-5,7,15-16H2,(H,17,19)(H,18,24)(H,20,23)(H,21,22)/t10?,11-/m0/s1. The molecule has 0 aliphatic rings. The van der Waals surface area contributed by atoms with Crippen LogP contribution in [0, 0.1) is 0 Å². The molecular weight excluding hydrogens is 316 g/mol. The summed E-state index contributed by atoms with van der Waals surface area (Å²) in [4.78, 5) is 41.6. The molecule has 1 aromatic rings. The molecule has 2 atom stereocenters. The van der Waals surface area contributed by atoms with Gasteiger partial charge in [0.05, 0.1) is 18.1 Å². The Balaban J connectivity index is 2.64. The van der Waals surface area contributed by atoms with E-state index in [1.807, 2.05) is 0 Å². The number of nitrogens with zero attached hydrogens (tertiary/aromatic N) is 1. The fraction of sp³-hybridized carbons (Fsp3) is 0.571. The maximum Gasteiger partial charge on any atom is 0.322 e. The van der Waals surface area contributed by atoms with Crippen LogP contribution in [0.4, 0.5) is 0 Å². The van der Waals surface area contributed by atoms with Crippen molar-refractivity contribution >= 4 is 17.8 Å². The number of nitrogens with one attached hydrogen (secondary N) is 3. The first kappa shape index (κ1) is 19.6. The number of aliphatic carboxylic acids is 1. The third-order valence-corrected chi connectivity index (χ3v) is 3.32. The van der Waals surface area contributed by atoms with Crippen LogP contribution in [0.1, 0.15) is 25.0 Å². The smallest absolute Gasteiger partial charge is 0.322 e. The lowest BCUT2D eigenvalue weighted by atomic mass is 10.1. The molecular formula is C14H24N6O4. The monoisotopic (exact) mass is 340 g/mol. The van der Waals surface area contributed by atoms with Gasteiger partial charge in [0.25, 0.3) is 0 Å². The summed E-state index contributed by atoms with van der Waals surface area (Å²) >= 11 is 0. The van der Waals surface area contributed by atoms with E-state index in [4.69, 9.17) is 16.6 Å². The molecule has 10 nitrogen and oxygen atoms in total. The van der Waals surface area contributed by atoms with Crippen LogP contribution in [0.5, 0.6) is 0 Å². The molecule has 1 heterocycles. The first-order chi connectivity index (χ1) is 11.4. The Kier molecular flexibility index (Phi) is 8.44. The normalized spacial score (nSPS) is 13.1. The van der Waals surface area contributed by atoms with Gasteiger partial charge in [-0.05, 0) is 19.4 Å². The Morgan fingerprint density at radius 3 is 2.62 bits per heavy atom. The van der Waals surface area contributed by atoms with Gasteiger partial charge in [0.1, 0.15) is 12.6 Å². The number of carboxylic acids is 1. The molecule has 0 radical (unpaired) electrons. The van der Waals surface area contributed by atoms with E-state index in [9.17, 15) is 14.4 Å². The number of hydrogen-bond donors (Lipinski definition) is 6. The van der Waals surface area contributed by atoms with Crippen molar-refractivity contribution in [1.82, 2.24) is 20.6 Å². The highest BCUT2D eigenvalue weighted by Crippen LogP contribution is 2.02. The second-order valence-electron chi connectivity index (χ2n) is 5.33. The summed E-state index contributed by atoms with van der Waals surface area (Å²) in [6.45, 7) is -0.0119. The predicted octanol–water partition coefficient (Wildman–Crippen LogP) is -1.91. The Hall–Kier alpha value is -2.46. The zero-order valence-electron chi connectivity index (χ0n) is 13.3. The molecule has 1 unspecified atom stereocenters. The quantitative estimate of drug-likeness (QED) is 0.255. The minimum atomic E-state index is -1.17. The van der Waals surface area contributed by atoms with Crippen LogP contribution in [0.25, 0.3) is 0 Å². The highest BCUT2D eigenvalue weighted by Gasteiger charge is 2.24. The number of H-pyrrole nitrogens is 1. The van der Waals surface area contributed by atoms with Crippen molar-refractivity contribution in [2.24, 2.45) is 11.5 Å². The van der Waals surface area contributed by atoms with Crippen molar-refractivity contribution in [1.29, 1.82) is 0 Å². The van der Waals surface area contributed by atoms with Gasteiger partial charge < -0.3 is 32.2 Å². The molecule has 1 rings (SSSR count). The first-order valence-electron chi connectivity index (χ1n) is 7.67. The molecule has 0 spiro atoms. The van der Waals surface area contributed by atoms with Gasteiger partial charge in [-0.25, -0.2) is 4.98 Å². The van der Waals surface area contributed by atoms with E-state index < -0.39 is 36.4 Å². The van der Waals surface area contributed by atoms with Crippen molar-refractivity contribution in [3.63, 3.8) is 0 Å². The Morgan fingerprint density at radius 1 is 1.29 bits per heavy atom. The van der Waals surface area contributed by atoms with Gasteiger partial charge in [0, 0.05) is 12.6 Å². The van der Waals surface area contributed by atoms with Gasteiger partial charge in [0.15, 0.2) is 0 Å². The minimum absolute atomic E-state index is 0.121. The first-order valence-corrected chi connectivity index (χ1v) is 7.67. The largest absolute Gasteiger partial charge is 0.480 e. The van der Waals surface area contributed by atoms with Crippen molar-refractivity contribution in [3.8, 4) is 0 Å². The van der Waals surface area contributed by atoms with Crippen molar-refractivity contribution in [2.45, 2.75) is 37.8 Å². The van der Waals surface area contributed by atoms with Gasteiger partial charge in [0.2, 0.25) is 11.8 Å². The Morgan fingerprint density at radius 2 is 2.04 bits per heavy atom. The van der Waals surface area contributed by atoms with E-state index in [1.54, 1.807) is 6.20 Å². The van der Waals surface area contributed by atoms with Crippen LogP contribution < -0.4 is 22.1 Å². The lowest BCUT2D eigenvalue weighted by Crippen LogP contribution is -2.53. The summed E-state index contributed by atoms with van der Waals surface area (Å²) in [6.07, 6.45) is 5.08. The van der Waals surface area contributed by atoms with Gasteiger partial charge in [-0.1, -0.05) is 6.42 Å². The topological polar surface area (TPSA) is 176 Å². The predicted molar refractivity (Wildman–Crippen MR) is 85.7 cm³/mol. The molecule has 0 aliphatic carbocycles. The lowest BCUT2D eigenvalue weighted by molar-refractivity contribution is -0.138. The fourth-order valence-corrected chi connectivity index (χ4v) is 2.03. The number of aromatic amines is 1. The molecule has 24 heavy (non-hydrogen) atoms. The van der Waals surface area contributed by atoms with Gasteiger partial charge >= 0.3 is 5.97 Å². The van der Waals surface area contributed by atoms with E-state index >= 15 is 0 Å². The third-order valence-electron chi connectivity index (χ3n) is 3.32. The van der Waals surface area contributed by atoms with Crippen LogP contribution in [0.15, 0.2) is 12.5 Å². The number of aromatic nitrogens is 2. The zero-order chi connectivity index (χ0) is 17.9. The van der Waals surface area contributed by atoms with E-state index in [-0.39, 0.29) is 6.42 Å². The van der Waals surface area contributed by atoms with E-state index in [0.717, 1.165) is 6.42 Å².